The van der Waals surface area contributed by atoms with Gasteiger partial charge in [0.2, 0.25) is 0 Å². The summed E-state index contributed by atoms with van der Waals surface area (Å²) in [6, 6.07) is 20.7. The van der Waals surface area contributed by atoms with Gasteiger partial charge in [0.15, 0.2) is 0 Å². The minimum Gasteiger partial charge on any atom is -0.317 e. The summed E-state index contributed by atoms with van der Waals surface area (Å²) in [6.45, 7) is 7.96. The van der Waals surface area contributed by atoms with Gasteiger partial charge >= 0.3 is 0 Å². The maximum Gasteiger partial charge on any atom is 0.273 e. The zero-order valence-electron chi connectivity index (χ0n) is 16.0. The standard InChI is InChI=1S/C22H30NO2P/c1-18(2)19(3)17-26(24)23(15-10-16-25-26)22(20-11-6-4-7-12-20)21-13-8-5-9-14-21/h4-9,11-14,18-19,22H,10,15-17H2,1-3H3/t19-,26?/m1/s1. The lowest BCUT2D eigenvalue weighted by molar-refractivity contribution is 0.184. The molecule has 0 aromatic heterocycles. The molecule has 26 heavy (non-hydrogen) atoms. The molecular formula is C22H30NO2P. The van der Waals surface area contributed by atoms with Gasteiger partial charge in [-0.2, -0.15) is 0 Å². The van der Waals surface area contributed by atoms with E-state index in [-0.39, 0.29) is 6.04 Å². The zero-order chi connectivity index (χ0) is 18.6. The van der Waals surface area contributed by atoms with Crippen LogP contribution in [-0.4, -0.2) is 24.0 Å². The highest BCUT2D eigenvalue weighted by molar-refractivity contribution is 7.56. The molecule has 140 valence electrons. The van der Waals surface area contributed by atoms with Gasteiger partial charge < -0.3 is 4.52 Å². The molecule has 1 heterocycles. The van der Waals surface area contributed by atoms with E-state index in [1.807, 2.05) is 12.1 Å². The van der Waals surface area contributed by atoms with Gasteiger partial charge in [-0.15, -0.1) is 0 Å². The molecule has 0 saturated carbocycles. The average molecular weight is 371 g/mol. The molecule has 0 radical (unpaired) electrons. The largest absolute Gasteiger partial charge is 0.317 e. The summed E-state index contributed by atoms with van der Waals surface area (Å²) in [7, 11) is -2.89. The molecule has 1 saturated heterocycles. The van der Waals surface area contributed by atoms with Gasteiger partial charge in [-0.25, -0.2) is 4.67 Å². The smallest absolute Gasteiger partial charge is 0.273 e. The molecular weight excluding hydrogens is 341 g/mol. The first-order valence-electron chi connectivity index (χ1n) is 9.62. The van der Waals surface area contributed by atoms with E-state index in [1.54, 1.807) is 0 Å². The Morgan fingerprint density at radius 1 is 0.962 bits per heavy atom. The third-order valence-electron chi connectivity index (χ3n) is 5.40. The first-order valence-corrected chi connectivity index (χ1v) is 11.4. The fourth-order valence-electron chi connectivity index (χ4n) is 3.50. The number of rotatable bonds is 6. The van der Waals surface area contributed by atoms with Crippen LogP contribution < -0.4 is 0 Å². The van der Waals surface area contributed by atoms with Gasteiger partial charge in [0.25, 0.3) is 7.52 Å². The quantitative estimate of drug-likeness (QED) is 0.585. The highest BCUT2D eigenvalue weighted by atomic mass is 31.2. The van der Waals surface area contributed by atoms with E-state index in [4.69, 9.17) is 4.52 Å². The number of nitrogens with zero attached hydrogens (tertiary/aromatic N) is 1. The van der Waals surface area contributed by atoms with Crippen molar-refractivity contribution in [1.29, 1.82) is 0 Å². The Bertz CT molecular complexity index is 693. The molecule has 1 aliphatic rings. The van der Waals surface area contributed by atoms with Crippen molar-refractivity contribution in [2.45, 2.75) is 33.2 Å². The Morgan fingerprint density at radius 3 is 2.00 bits per heavy atom. The van der Waals surface area contributed by atoms with E-state index < -0.39 is 7.52 Å². The zero-order valence-corrected chi connectivity index (χ0v) is 16.9. The van der Waals surface area contributed by atoms with Crippen LogP contribution in [0.2, 0.25) is 0 Å². The van der Waals surface area contributed by atoms with Crippen LogP contribution in [0.5, 0.6) is 0 Å². The highest BCUT2D eigenvalue weighted by Gasteiger charge is 2.41. The van der Waals surface area contributed by atoms with Crippen LogP contribution in [-0.2, 0) is 9.09 Å². The van der Waals surface area contributed by atoms with Gasteiger partial charge in [-0.05, 0) is 29.4 Å². The van der Waals surface area contributed by atoms with Crippen LogP contribution in [0, 0.1) is 11.8 Å². The normalized spacial score (nSPS) is 22.7. The summed E-state index contributed by atoms with van der Waals surface area (Å²) in [6.07, 6.45) is 1.52. The van der Waals surface area contributed by atoms with E-state index in [0.717, 1.165) is 13.0 Å². The molecule has 4 heteroatoms. The molecule has 1 fully saturated rings. The third kappa shape index (κ3) is 4.28. The van der Waals surface area contributed by atoms with E-state index >= 15 is 0 Å². The maximum absolute atomic E-state index is 14.0. The maximum atomic E-state index is 14.0. The first-order chi connectivity index (χ1) is 12.5. The molecule has 2 aromatic rings. The van der Waals surface area contributed by atoms with Gasteiger partial charge in [-0.3, -0.25) is 4.57 Å². The van der Waals surface area contributed by atoms with E-state index in [0.29, 0.717) is 24.6 Å². The second kappa shape index (κ2) is 8.52. The van der Waals surface area contributed by atoms with Crippen molar-refractivity contribution in [3.8, 4) is 0 Å². The summed E-state index contributed by atoms with van der Waals surface area (Å²) in [5, 5.41) is 0. The van der Waals surface area contributed by atoms with E-state index in [9.17, 15) is 4.57 Å². The van der Waals surface area contributed by atoms with Crippen LogP contribution in [0.1, 0.15) is 44.4 Å². The Labute approximate surface area is 157 Å². The van der Waals surface area contributed by atoms with Crippen LogP contribution in [0.4, 0.5) is 0 Å². The second-order valence-corrected chi connectivity index (χ2v) is 10.0. The van der Waals surface area contributed by atoms with Crippen LogP contribution in [0.15, 0.2) is 60.7 Å². The van der Waals surface area contributed by atoms with Gasteiger partial charge in [0.1, 0.15) is 0 Å². The summed E-state index contributed by atoms with van der Waals surface area (Å²) >= 11 is 0. The van der Waals surface area contributed by atoms with Crippen molar-refractivity contribution in [2.24, 2.45) is 11.8 Å². The predicted octanol–water partition coefficient (Wildman–Crippen LogP) is 5.98. The molecule has 2 aromatic carbocycles. The van der Waals surface area contributed by atoms with Gasteiger partial charge in [0.05, 0.1) is 12.6 Å². The topological polar surface area (TPSA) is 29.5 Å². The number of hydrogen-bond donors (Lipinski definition) is 0. The van der Waals surface area contributed by atoms with Crippen molar-refractivity contribution in [3.63, 3.8) is 0 Å². The second-order valence-electron chi connectivity index (χ2n) is 7.62. The summed E-state index contributed by atoms with van der Waals surface area (Å²) in [5.41, 5.74) is 2.34. The Morgan fingerprint density at radius 2 is 1.50 bits per heavy atom. The van der Waals surface area contributed by atoms with Crippen molar-refractivity contribution in [1.82, 2.24) is 4.67 Å². The highest BCUT2D eigenvalue weighted by Crippen LogP contribution is 2.59. The monoisotopic (exact) mass is 371 g/mol. The van der Waals surface area contributed by atoms with Crippen molar-refractivity contribution in [2.75, 3.05) is 19.3 Å². The number of hydrogen-bond acceptors (Lipinski definition) is 2. The number of benzene rings is 2. The van der Waals surface area contributed by atoms with E-state index in [2.05, 4.69) is 74.0 Å². The first kappa shape index (κ1) is 19.4. The fourth-order valence-corrected chi connectivity index (χ4v) is 6.60. The molecule has 0 bridgehead atoms. The van der Waals surface area contributed by atoms with Gasteiger partial charge in [0, 0.05) is 12.7 Å². The van der Waals surface area contributed by atoms with Crippen LogP contribution >= 0.6 is 7.52 Å². The Balaban J connectivity index is 2.02. The minimum atomic E-state index is -2.89. The fraction of sp³-hybridized carbons (Fsp3) is 0.455. The lowest BCUT2D eigenvalue weighted by Crippen LogP contribution is -2.35. The lowest BCUT2D eigenvalue weighted by Gasteiger charge is -2.42. The predicted molar refractivity (Wildman–Crippen MR) is 108 cm³/mol. The summed E-state index contributed by atoms with van der Waals surface area (Å²) in [4.78, 5) is 0. The molecule has 0 amide bonds. The molecule has 2 atom stereocenters. The molecule has 0 aliphatic carbocycles. The lowest BCUT2D eigenvalue weighted by atomic mass is 9.98. The van der Waals surface area contributed by atoms with Crippen molar-refractivity contribution < 1.29 is 9.09 Å². The summed E-state index contributed by atoms with van der Waals surface area (Å²) in [5.74, 6) is 0.841. The molecule has 3 nitrogen and oxygen atoms in total. The van der Waals surface area contributed by atoms with Crippen molar-refractivity contribution >= 4 is 7.52 Å². The Hall–Kier alpha value is -1.41. The third-order valence-corrected chi connectivity index (χ3v) is 8.24. The molecule has 0 N–H and O–H groups in total. The molecule has 3 rings (SSSR count). The SMILES string of the molecule is CC(C)[C@H](C)CP1(=O)OCCCN1C(c1ccccc1)c1ccccc1. The molecule has 1 aliphatic heterocycles. The van der Waals surface area contributed by atoms with Gasteiger partial charge in [-0.1, -0.05) is 81.4 Å². The van der Waals surface area contributed by atoms with Crippen LogP contribution in [0.25, 0.3) is 0 Å². The van der Waals surface area contributed by atoms with Crippen molar-refractivity contribution in [3.05, 3.63) is 71.8 Å². The minimum absolute atomic E-state index is 0.0390. The van der Waals surface area contributed by atoms with Crippen LogP contribution in [0.3, 0.4) is 0 Å². The summed E-state index contributed by atoms with van der Waals surface area (Å²) < 4.78 is 22.1. The molecule has 1 unspecified atom stereocenters. The van der Waals surface area contributed by atoms with E-state index in [1.165, 1.54) is 11.1 Å². The molecule has 0 spiro atoms. The average Bonchev–Trinajstić information content (AvgIpc) is 2.65. The Kier molecular flexibility index (Phi) is 6.34.